The van der Waals surface area contributed by atoms with Gasteiger partial charge in [0.2, 0.25) is 0 Å². The zero-order valence-corrected chi connectivity index (χ0v) is 9.87. The minimum atomic E-state index is 0.799. The first-order chi connectivity index (χ1) is 7.88. The maximum Gasteiger partial charge on any atom is -0.0162 e. The van der Waals surface area contributed by atoms with Crippen LogP contribution in [-0.4, -0.2) is 0 Å². The third kappa shape index (κ3) is 1.53. The molecule has 0 nitrogen and oxygen atoms in total. The van der Waals surface area contributed by atoms with Gasteiger partial charge in [0.05, 0.1) is 0 Å². The second-order valence-corrected chi connectivity index (χ2v) is 4.90. The van der Waals surface area contributed by atoms with E-state index in [0.717, 1.165) is 5.92 Å². The quantitative estimate of drug-likeness (QED) is 0.641. The first-order valence-electron chi connectivity index (χ1n) is 6.40. The van der Waals surface area contributed by atoms with Crippen LogP contribution in [0, 0.1) is 0 Å². The highest BCUT2D eigenvalue weighted by Gasteiger charge is 2.18. The largest absolute Gasteiger partial charge is 0.0648 e. The van der Waals surface area contributed by atoms with Crippen LogP contribution in [0.15, 0.2) is 36.4 Å². The fourth-order valence-corrected chi connectivity index (χ4v) is 3.02. The molecular formula is C16H18. The molecule has 0 heteroatoms. The van der Waals surface area contributed by atoms with Gasteiger partial charge < -0.3 is 0 Å². The van der Waals surface area contributed by atoms with E-state index in [2.05, 4.69) is 43.3 Å². The summed E-state index contributed by atoms with van der Waals surface area (Å²) < 4.78 is 0. The van der Waals surface area contributed by atoms with Crippen molar-refractivity contribution < 1.29 is 0 Å². The number of rotatable bonds is 1. The standard InChI is InChI=1S/C16H18/c1-2-12-8-5-9-15-10-13-6-3-4-7-14(13)11-16(12)15/h3-4,6-7,10-12H,2,5,8-9H2,1H3. The number of hydrogen-bond acceptors (Lipinski definition) is 0. The number of benzene rings is 2. The molecule has 0 aromatic heterocycles. The number of aryl methyl sites for hydroxylation is 1. The Morgan fingerprint density at radius 3 is 2.62 bits per heavy atom. The van der Waals surface area contributed by atoms with Gasteiger partial charge in [-0.15, -0.1) is 0 Å². The smallest absolute Gasteiger partial charge is 0.0162 e. The van der Waals surface area contributed by atoms with Crippen LogP contribution in [0.25, 0.3) is 10.8 Å². The molecule has 0 heterocycles. The molecular weight excluding hydrogens is 192 g/mol. The van der Waals surface area contributed by atoms with Gasteiger partial charge in [0.1, 0.15) is 0 Å². The fourth-order valence-electron chi connectivity index (χ4n) is 3.02. The van der Waals surface area contributed by atoms with Gasteiger partial charge in [-0.1, -0.05) is 43.3 Å². The first kappa shape index (κ1) is 9.89. The van der Waals surface area contributed by atoms with Gasteiger partial charge in [0.25, 0.3) is 0 Å². The second kappa shape index (κ2) is 3.93. The maximum absolute atomic E-state index is 2.43. The lowest BCUT2D eigenvalue weighted by Crippen LogP contribution is -2.08. The summed E-state index contributed by atoms with van der Waals surface area (Å²) in [5, 5.41) is 2.81. The first-order valence-corrected chi connectivity index (χ1v) is 6.40. The van der Waals surface area contributed by atoms with E-state index >= 15 is 0 Å². The van der Waals surface area contributed by atoms with E-state index < -0.39 is 0 Å². The van der Waals surface area contributed by atoms with Gasteiger partial charge in [-0.3, -0.25) is 0 Å². The van der Waals surface area contributed by atoms with Crippen molar-refractivity contribution in [2.24, 2.45) is 0 Å². The molecule has 0 aliphatic heterocycles. The highest BCUT2D eigenvalue weighted by atomic mass is 14.2. The Kier molecular flexibility index (Phi) is 2.43. The molecule has 1 aliphatic carbocycles. The van der Waals surface area contributed by atoms with E-state index in [-0.39, 0.29) is 0 Å². The maximum atomic E-state index is 2.43. The molecule has 1 atom stereocenters. The van der Waals surface area contributed by atoms with Crippen molar-refractivity contribution in [1.29, 1.82) is 0 Å². The van der Waals surface area contributed by atoms with Crippen molar-refractivity contribution in [3.63, 3.8) is 0 Å². The second-order valence-electron chi connectivity index (χ2n) is 4.90. The highest BCUT2D eigenvalue weighted by Crippen LogP contribution is 2.36. The van der Waals surface area contributed by atoms with E-state index in [1.807, 2.05) is 0 Å². The molecule has 16 heavy (non-hydrogen) atoms. The van der Waals surface area contributed by atoms with Crippen LogP contribution in [0.1, 0.15) is 43.2 Å². The Morgan fingerprint density at radius 1 is 1.12 bits per heavy atom. The summed E-state index contributed by atoms with van der Waals surface area (Å²) in [5.74, 6) is 0.799. The van der Waals surface area contributed by atoms with Crippen molar-refractivity contribution in [1.82, 2.24) is 0 Å². The number of hydrogen-bond donors (Lipinski definition) is 0. The normalized spacial score (nSPS) is 19.7. The molecule has 0 amide bonds. The lowest BCUT2D eigenvalue weighted by Gasteiger charge is -2.25. The van der Waals surface area contributed by atoms with Crippen LogP contribution in [0.2, 0.25) is 0 Å². The van der Waals surface area contributed by atoms with Crippen LogP contribution >= 0.6 is 0 Å². The molecule has 2 aromatic carbocycles. The van der Waals surface area contributed by atoms with Crippen molar-refractivity contribution in [2.45, 2.75) is 38.5 Å². The van der Waals surface area contributed by atoms with Crippen molar-refractivity contribution in [3.05, 3.63) is 47.5 Å². The SMILES string of the molecule is CCC1CCCc2cc3ccccc3cc21. The molecule has 0 saturated heterocycles. The van der Waals surface area contributed by atoms with Crippen LogP contribution in [0.5, 0.6) is 0 Å². The minimum absolute atomic E-state index is 0.799. The molecule has 1 unspecified atom stereocenters. The molecule has 1 aliphatic rings. The van der Waals surface area contributed by atoms with Crippen LogP contribution < -0.4 is 0 Å². The third-order valence-electron chi connectivity index (χ3n) is 3.94. The van der Waals surface area contributed by atoms with Crippen molar-refractivity contribution in [2.75, 3.05) is 0 Å². The van der Waals surface area contributed by atoms with Gasteiger partial charge in [-0.2, -0.15) is 0 Å². The van der Waals surface area contributed by atoms with Gasteiger partial charge in [-0.05, 0) is 53.5 Å². The monoisotopic (exact) mass is 210 g/mol. The van der Waals surface area contributed by atoms with Crippen LogP contribution in [-0.2, 0) is 6.42 Å². The summed E-state index contributed by atoms with van der Waals surface area (Å²) in [6, 6.07) is 13.6. The minimum Gasteiger partial charge on any atom is -0.0648 e. The predicted octanol–water partition coefficient (Wildman–Crippen LogP) is 4.67. The van der Waals surface area contributed by atoms with E-state index in [0.29, 0.717) is 0 Å². The Bertz CT molecular complexity index is 510. The number of fused-ring (bicyclic) bond motifs is 2. The lowest BCUT2D eigenvalue weighted by molar-refractivity contribution is 0.541. The van der Waals surface area contributed by atoms with Gasteiger partial charge in [0.15, 0.2) is 0 Å². The molecule has 82 valence electrons. The van der Waals surface area contributed by atoms with Crippen LogP contribution in [0.4, 0.5) is 0 Å². The molecule has 0 bridgehead atoms. The van der Waals surface area contributed by atoms with Gasteiger partial charge in [-0.25, -0.2) is 0 Å². The Labute approximate surface area is 97.3 Å². The molecule has 0 N–H and O–H groups in total. The summed E-state index contributed by atoms with van der Waals surface area (Å²) >= 11 is 0. The molecule has 0 radical (unpaired) electrons. The van der Waals surface area contributed by atoms with Crippen LogP contribution in [0.3, 0.4) is 0 Å². The summed E-state index contributed by atoms with van der Waals surface area (Å²) in [7, 11) is 0. The van der Waals surface area contributed by atoms with E-state index in [9.17, 15) is 0 Å². The summed E-state index contributed by atoms with van der Waals surface area (Å²) in [4.78, 5) is 0. The Morgan fingerprint density at radius 2 is 1.88 bits per heavy atom. The molecule has 3 rings (SSSR count). The topological polar surface area (TPSA) is 0 Å². The van der Waals surface area contributed by atoms with E-state index in [4.69, 9.17) is 0 Å². The van der Waals surface area contributed by atoms with E-state index in [1.54, 1.807) is 11.1 Å². The average Bonchev–Trinajstić information content (AvgIpc) is 2.35. The zero-order chi connectivity index (χ0) is 11.0. The summed E-state index contributed by atoms with van der Waals surface area (Å²) in [5.41, 5.74) is 3.21. The zero-order valence-electron chi connectivity index (χ0n) is 9.87. The Balaban J connectivity index is 2.21. The van der Waals surface area contributed by atoms with E-state index in [1.165, 1.54) is 36.5 Å². The van der Waals surface area contributed by atoms with Gasteiger partial charge >= 0.3 is 0 Å². The molecule has 0 spiro atoms. The summed E-state index contributed by atoms with van der Waals surface area (Å²) in [6.45, 7) is 2.31. The van der Waals surface area contributed by atoms with Gasteiger partial charge in [0, 0.05) is 0 Å². The average molecular weight is 210 g/mol. The van der Waals surface area contributed by atoms with Crippen molar-refractivity contribution >= 4 is 10.8 Å². The predicted molar refractivity (Wildman–Crippen MR) is 69.9 cm³/mol. The molecule has 2 aromatic rings. The summed E-state index contributed by atoms with van der Waals surface area (Å²) in [6.07, 6.45) is 5.30. The Hall–Kier alpha value is -1.30. The van der Waals surface area contributed by atoms with Crippen molar-refractivity contribution in [3.8, 4) is 0 Å². The highest BCUT2D eigenvalue weighted by molar-refractivity contribution is 5.84. The molecule has 0 fully saturated rings. The fraction of sp³-hybridized carbons (Fsp3) is 0.375. The lowest BCUT2D eigenvalue weighted by atomic mass is 9.80. The molecule has 0 saturated carbocycles. The third-order valence-corrected chi connectivity index (χ3v) is 3.94.